The topological polar surface area (TPSA) is 45.2 Å². The van der Waals surface area contributed by atoms with Crippen molar-refractivity contribution in [1.82, 2.24) is 4.98 Å². The smallest absolute Gasteiger partial charge is 0.227 e. The van der Waals surface area contributed by atoms with E-state index in [4.69, 9.17) is 23.2 Å². The Bertz CT molecular complexity index is 799. The molecule has 138 valence electrons. The number of hydrogen-bond acceptors (Lipinski definition) is 3. The number of carbonyl (C=O) groups excluding carboxylic acids is 1. The Morgan fingerprint density at radius 2 is 1.85 bits per heavy atom. The number of aromatic nitrogens is 1. The van der Waals surface area contributed by atoms with Crippen LogP contribution in [0.3, 0.4) is 0 Å². The van der Waals surface area contributed by atoms with Gasteiger partial charge in [0.25, 0.3) is 0 Å². The number of rotatable bonds is 3. The fraction of sp³-hybridized carbons (Fsp3) is 0.333. The summed E-state index contributed by atoms with van der Waals surface area (Å²) in [6.07, 6.45) is 5.16. The summed E-state index contributed by atoms with van der Waals surface area (Å²) in [6, 6.07) is 3.32. The van der Waals surface area contributed by atoms with Crippen LogP contribution < -0.4 is 10.2 Å². The molecule has 1 fully saturated rings. The van der Waals surface area contributed by atoms with Crippen molar-refractivity contribution in [3.8, 4) is 0 Å². The predicted octanol–water partition coefficient (Wildman–Crippen LogP) is 4.91. The van der Waals surface area contributed by atoms with E-state index < -0.39 is 11.6 Å². The molecule has 0 saturated carbocycles. The molecule has 0 radical (unpaired) electrons. The minimum atomic E-state index is -0.989. The second-order valence-corrected chi connectivity index (χ2v) is 7.00. The number of carbonyl (C=O) groups is 1. The van der Waals surface area contributed by atoms with Gasteiger partial charge in [0.1, 0.15) is 0 Å². The zero-order chi connectivity index (χ0) is 18.7. The molecule has 4 nitrogen and oxygen atoms in total. The molecule has 2 aromatic rings. The average molecular weight is 400 g/mol. The maximum Gasteiger partial charge on any atom is 0.227 e. The largest absolute Gasteiger partial charge is 0.369 e. The maximum atomic E-state index is 13.3. The van der Waals surface area contributed by atoms with Crippen molar-refractivity contribution in [2.75, 3.05) is 23.3 Å². The number of amides is 1. The van der Waals surface area contributed by atoms with Crippen molar-refractivity contribution < 1.29 is 13.6 Å². The SMILES string of the molecule is O=C(Nc1ccc(F)c(F)c1)C1CCCN(c2c(Cl)cncc2Cl)CC1. The van der Waals surface area contributed by atoms with Crippen molar-refractivity contribution in [3.05, 3.63) is 52.3 Å². The lowest BCUT2D eigenvalue weighted by atomic mass is 10.00. The van der Waals surface area contributed by atoms with Crippen LogP contribution in [0.5, 0.6) is 0 Å². The zero-order valence-corrected chi connectivity index (χ0v) is 15.3. The normalized spacial score (nSPS) is 17.7. The molecule has 0 spiro atoms. The molecule has 1 amide bonds. The summed E-state index contributed by atoms with van der Waals surface area (Å²) >= 11 is 12.4. The molecule has 1 saturated heterocycles. The quantitative estimate of drug-likeness (QED) is 0.796. The molecule has 1 aromatic carbocycles. The highest BCUT2D eigenvalue weighted by Crippen LogP contribution is 2.34. The summed E-state index contributed by atoms with van der Waals surface area (Å²) in [5.41, 5.74) is 0.972. The molecule has 1 N–H and O–H groups in total. The van der Waals surface area contributed by atoms with Gasteiger partial charge < -0.3 is 10.2 Å². The van der Waals surface area contributed by atoms with Gasteiger partial charge in [0, 0.05) is 43.2 Å². The number of pyridine rings is 1. The Morgan fingerprint density at radius 1 is 1.12 bits per heavy atom. The summed E-state index contributed by atoms with van der Waals surface area (Å²) in [4.78, 5) is 18.5. The first-order valence-electron chi connectivity index (χ1n) is 8.25. The molecule has 3 rings (SSSR count). The molecule has 26 heavy (non-hydrogen) atoms. The summed E-state index contributed by atoms with van der Waals surface area (Å²) in [5.74, 6) is -2.37. The summed E-state index contributed by atoms with van der Waals surface area (Å²) < 4.78 is 26.3. The molecule has 1 unspecified atom stereocenters. The van der Waals surface area contributed by atoms with E-state index in [1.165, 1.54) is 6.07 Å². The van der Waals surface area contributed by atoms with Crippen molar-refractivity contribution in [2.24, 2.45) is 5.92 Å². The second kappa shape index (κ2) is 8.18. The lowest BCUT2D eigenvalue weighted by Gasteiger charge is -2.24. The van der Waals surface area contributed by atoms with Crippen LogP contribution in [0.2, 0.25) is 10.0 Å². The van der Waals surface area contributed by atoms with Gasteiger partial charge in [0.2, 0.25) is 5.91 Å². The van der Waals surface area contributed by atoms with Gasteiger partial charge >= 0.3 is 0 Å². The van der Waals surface area contributed by atoms with Gasteiger partial charge in [-0.15, -0.1) is 0 Å². The standard InChI is InChI=1S/C18H17Cl2F2N3O/c19-13-9-23-10-14(20)17(13)25-6-1-2-11(5-7-25)18(26)24-12-3-4-15(21)16(22)8-12/h3-4,8-11H,1-2,5-7H2,(H,24,26). The van der Waals surface area contributed by atoms with Crippen molar-refractivity contribution >= 4 is 40.5 Å². The first-order valence-corrected chi connectivity index (χ1v) is 9.01. The predicted molar refractivity (Wildman–Crippen MR) is 98.8 cm³/mol. The van der Waals surface area contributed by atoms with Crippen LogP contribution in [-0.4, -0.2) is 24.0 Å². The molecule has 8 heteroatoms. The van der Waals surface area contributed by atoms with E-state index in [-0.39, 0.29) is 17.5 Å². The third-order valence-corrected chi connectivity index (χ3v) is 4.98. The van der Waals surface area contributed by atoms with Crippen LogP contribution >= 0.6 is 23.2 Å². The number of benzene rings is 1. The number of halogens is 4. The average Bonchev–Trinajstić information content (AvgIpc) is 2.84. The fourth-order valence-corrected chi connectivity index (χ4v) is 3.71. The monoisotopic (exact) mass is 399 g/mol. The van der Waals surface area contributed by atoms with Crippen molar-refractivity contribution in [2.45, 2.75) is 19.3 Å². The minimum absolute atomic E-state index is 0.204. The fourth-order valence-electron chi connectivity index (χ4n) is 3.11. The van der Waals surface area contributed by atoms with Gasteiger partial charge in [-0.1, -0.05) is 23.2 Å². The van der Waals surface area contributed by atoms with Gasteiger partial charge in [0.15, 0.2) is 11.6 Å². The number of nitrogens with one attached hydrogen (secondary N) is 1. The summed E-state index contributed by atoms with van der Waals surface area (Å²) in [7, 11) is 0. The minimum Gasteiger partial charge on any atom is -0.369 e. The van der Waals surface area contributed by atoms with Crippen LogP contribution in [0.1, 0.15) is 19.3 Å². The molecule has 1 aromatic heterocycles. The molecule has 1 aliphatic rings. The van der Waals surface area contributed by atoms with E-state index in [9.17, 15) is 13.6 Å². The Morgan fingerprint density at radius 3 is 2.54 bits per heavy atom. The highest BCUT2D eigenvalue weighted by Gasteiger charge is 2.25. The third kappa shape index (κ3) is 4.24. The highest BCUT2D eigenvalue weighted by molar-refractivity contribution is 6.38. The van der Waals surface area contributed by atoms with Crippen LogP contribution in [0.25, 0.3) is 0 Å². The number of anilines is 2. The van der Waals surface area contributed by atoms with E-state index in [1.807, 2.05) is 0 Å². The zero-order valence-electron chi connectivity index (χ0n) is 13.8. The van der Waals surface area contributed by atoms with Crippen LogP contribution in [0.4, 0.5) is 20.2 Å². The number of nitrogens with zero attached hydrogens (tertiary/aromatic N) is 2. The Balaban J connectivity index is 1.66. The van der Waals surface area contributed by atoms with Gasteiger partial charge in [0.05, 0.1) is 15.7 Å². The van der Waals surface area contributed by atoms with E-state index >= 15 is 0 Å². The lowest BCUT2D eigenvalue weighted by Crippen LogP contribution is -2.27. The van der Waals surface area contributed by atoms with Gasteiger partial charge in [-0.3, -0.25) is 9.78 Å². The van der Waals surface area contributed by atoms with Gasteiger partial charge in [-0.2, -0.15) is 0 Å². The first kappa shape index (κ1) is 18.9. The highest BCUT2D eigenvalue weighted by atomic mass is 35.5. The maximum absolute atomic E-state index is 13.3. The lowest BCUT2D eigenvalue weighted by molar-refractivity contribution is -0.120. The van der Waals surface area contributed by atoms with Crippen molar-refractivity contribution in [3.63, 3.8) is 0 Å². The van der Waals surface area contributed by atoms with E-state index in [2.05, 4.69) is 15.2 Å². The van der Waals surface area contributed by atoms with Crippen LogP contribution in [-0.2, 0) is 4.79 Å². The molecule has 0 bridgehead atoms. The molecule has 0 aliphatic carbocycles. The Hall–Kier alpha value is -1.92. The first-order chi connectivity index (χ1) is 12.5. The van der Waals surface area contributed by atoms with Crippen molar-refractivity contribution in [1.29, 1.82) is 0 Å². The number of hydrogen-bond donors (Lipinski definition) is 1. The summed E-state index contributed by atoms with van der Waals surface area (Å²) in [5, 5.41) is 3.61. The van der Waals surface area contributed by atoms with E-state index in [1.54, 1.807) is 12.4 Å². The van der Waals surface area contributed by atoms with Gasteiger partial charge in [-0.05, 0) is 31.4 Å². The van der Waals surface area contributed by atoms with Gasteiger partial charge in [-0.25, -0.2) is 8.78 Å². The molecular weight excluding hydrogens is 383 g/mol. The van der Waals surface area contributed by atoms with E-state index in [0.717, 1.165) is 30.8 Å². The third-order valence-electron chi connectivity index (χ3n) is 4.43. The summed E-state index contributed by atoms with van der Waals surface area (Å²) in [6.45, 7) is 1.33. The Kier molecular flexibility index (Phi) is 5.94. The molecular formula is C18H17Cl2F2N3O. The molecule has 1 aliphatic heterocycles. The van der Waals surface area contributed by atoms with Crippen LogP contribution in [0.15, 0.2) is 30.6 Å². The Labute approximate surface area is 160 Å². The molecule has 1 atom stereocenters. The second-order valence-electron chi connectivity index (χ2n) is 6.18. The van der Waals surface area contributed by atoms with Crippen LogP contribution in [0, 0.1) is 17.6 Å². The van der Waals surface area contributed by atoms with E-state index in [0.29, 0.717) is 29.4 Å². The molecule has 2 heterocycles.